The fraction of sp³-hybridized carbons (Fsp3) is 0.571. The lowest BCUT2D eigenvalue weighted by molar-refractivity contribution is 0.383. The van der Waals surface area contributed by atoms with Gasteiger partial charge in [0.25, 0.3) is 0 Å². The molecule has 0 aliphatic carbocycles. The summed E-state index contributed by atoms with van der Waals surface area (Å²) >= 11 is 5.86. The van der Waals surface area contributed by atoms with Gasteiger partial charge < -0.3 is 5.73 Å². The minimum Gasteiger partial charge on any atom is -0.324 e. The third kappa shape index (κ3) is 4.64. The maximum absolute atomic E-state index is 13.6. The van der Waals surface area contributed by atoms with E-state index in [-0.39, 0.29) is 11.9 Å². The van der Waals surface area contributed by atoms with Crippen LogP contribution in [0.1, 0.15) is 45.2 Å². The van der Waals surface area contributed by atoms with Gasteiger partial charge in [-0.2, -0.15) is 0 Å². The van der Waals surface area contributed by atoms with Crippen molar-refractivity contribution in [2.45, 2.75) is 39.7 Å². The summed E-state index contributed by atoms with van der Waals surface area (Å²) < 4.78 is 13.6. The van der Waals surface area contributed by atoms with Crippen molar-refractivity contribution in [1.29, 1.82) is 0 Å². The molecule has 0 aromatic heterocycles. The number of nitrogens with two attached hydrogens (primary N) is 1. The van der Waals surface area contributed by atoms with Crippen LogP contribution in [-0.4, -0.2) is 0 Å². The van der Waals surface area contributed by atoms with E-state index in [1.165, 1.54) is 6.07 Å². The van der Waals surface area contributed by atoms with Crippen molar-refractivity contribution in [3.05, 3.63) is 34.6 Å². The minimum absolute atomic E-state index is 0.265. The molecule has 0 radical (unpaired) electrons. The number of rotatable bonds is 5. The van der Waals surface area contributed by atoms with Crippen LogP contribution in [-0.2, 0) is 0 Å². The Hall–Kier alpha value is -0.600. The van der Waals surface area contributed by atoms with Gasteiger partial charge in [0, 0.05) is 16.6 Å². The summed E-state index contributed by atoms with van der Waals surface area (Å²) in [6.45, 7) is 6.52. The molecule has 17 heavy (non-hydrogen) atoms. The van der Waals surface area contributed by atoms with Gasteiger partial charge in [0.05, 0.1) is 0 Å². The number of halogens is 2. The van der Waals surface area contributed by atoms with Crippen LogP contribution in [0.5, 0.6) is 0 Å². The molecule has 0 heterocycles. The highest BCUT2D eigenvalue weighted by molar-refractivity contribution is 6.30. The highest BCUT2D eigenvalue weighted by Gasteiger charge is 2.16. The first-order valence-corrected chi connectivity index (χ1v) is 6.48. The molecule has 2 atom stereocenters. The van der Waals surface area contributed by atoms with Gasteiger partial charge in [-0.05, 0) is 42.9 Å². The molecule has 1 aromatic rings. The maximum Gasteiger partial charge on any atom is 0.128 e. The second-order valence-corrected chi connectivity index (χ2v) is 5.68. The van der Waals surface area contributed by atoms with Gasteiger partial charge in [-0.3, -0.25) is 0 Å². The van der Waals surface area contributed by atoms with Crippen LogP contribution in [0.15, 0.2) is 18.2 Å². The van der Waals surface area contributed by atoms with Crippen molar-refractivity contribution in [3.8, 4) is 0 Å². The Balaban J connectivity index is 2.69. The van der Waals surface area contributed by atoms with Crippen LogP contribution < -0.4 is 5.73 Å². The van der Waals surface area contributed by atoms with E-state index in [0.29, 0.717) is 22.4 Å². The molecule has 1 nitrogen and oxygen atoms in total. The SMILES string of the molecule is CC(C)CC(C)CC(N)c1cc(Cl)ccc1F. The van der Waals surface area contributed by atoms with Gasteiger partial charge in [-0.1, -0.05) is 32.4 Å². The summed E-state index contributed by atoms with van der Waals surface area (Å²) in [6.07, 6.45) is 1.89. The van der Waals surface area contributed by atoms with Gasteiger partial charge in [0.15, 0.2) is 0 Å². The summed E-state index contributed by atoms with van der Waals surface area (Å²) in [5.74, 6) is 0.864. The molecule has 0 spiro atoms. The smallest absolute Gasteiger partial charge is 0.128 e. The van der Waals surface area contributed by atoms with Crippen molar-refractivity contribution >= 4 is 11.6 Å². The largest absolute Gasteiger partial charge is 0.324 e. The van der Waals surface area contributed by atoms with Crippen LogP contribution in [0, 0.1) is 17.7 Å². The Morgan fingerprint density at radius 2 is 1.88 bits per heavy atom. The molecular weight excluding hydrogens is 237 g/mol. The van der Waals surface area contributed by atoms with Gasteiger partial charge in [0.2, 0.25) is 0 Å². The summed E-state index contributed by atoms with van der Waals surface area (Å²) in [5.41, 5.74) is 6.56. The van der Waals surface area contributed by atoms with Crippen molar-refractivity contribution in [3.63, 3.8) is 0 Å². The molecule has 0 amide bonds. The lowest BCUT2D eigenvalue weighted by Gasteiger charge is -2.19. The summed E-state index contributed by atoms with van der Waals surface area (Å²) in [7, 11) is 0. The molecule has 2 N–H and O–H groups in total. The molecule has 0 bridgehead atoms. The molecule has 2 unspecified atom stereocenters. The predicted molar refractivity (Wildman–Crippen MR) is 71.6 cm³/mol. The number of benzene rings is 1. The lowest BCUT2D eigenvalue weighted by Crippen LogP contribution is -2.16. The van der Waals surface area contributed by atoms with Crippen molar-refractivity contribution < 1.29 is 4.39 Å². The summed E-state index contributed by atoms with van der Waals surface area (Å²) in [6, 6.07) is 4.28. The first-order valence-electron chi connectivity index (χ1n) is 6.10. The first kappa shape index (κ1) is 14.5. The Morgan fingerprint density at radius 1 is 1.24 bits per heavy atom. The summed E-state index contributed by atoms with van der Waals surface area (Å²) in [5, 5.41) is 0.536. The second kappa shape index (κ2) is 6.36. The normalized spacial score (nSPS) is 15.0. The maximum atomic E-state index is 13.6. The fourth-order valence-electron chi connectivity index (χ4n) is 2.26. The van der Waals surface area contributed by atoms with Gasteiger partial charge in [-0.15, -0.1) is 0 Å². The molecule has 0 saturated carbocycles. The van der Waals surface area contributed by atoms with E-state index in [1.54, 1.807) is 12.1 Å². The van der Waals surface area contributed by atoms with E-state index in [1.807, 2.05) is 0 Å². The molecule has 0 saturated heterocycles. The third-order valence-electron chi connectivity index (χ3n) is 2.89. The van der Waals surface area contributed by atoms with Crippen LogP contribution >= 0.6 is 11.6 Å². The average molecular weight is 258 g/mol. The monoisotopic (exact) mass is 257 g/mol. The molecule has 1 rings (SSSR count). The Labute approximate surface area is 108 Å². The van der Waals surface area contributed by atoms with E-state index in [0.717, 1.165) is 12.8 Å². The highest BCUT2D eigenvalue weighted by Crippen LogP contribution is 2.26. The standard InChI is InChI=1S/C14H21ClFN/c1-9(2)6-10(3)7-14(17)12-8-11(15)4-5-13(12)16/h4-5,8-10,14H,6-7,17H2,1-3H3. The van der Waals surface area contributed by atoms with E-state index in [9.17, 15) is 4.39 Å². The zero-order chi connectivity index (χ0) is 13.0. The predicted octanol–water partition coefficient (Wildman–Crippen LogP) is 4.55. The van der Waals surface area contributed by atoms with Gasteiger partial charge >= 0.3 is 0 Å². The Kier molecular flexibility index (Phi) is 5.41. The molecule has 3 heteroatoms. The molecule has 96 valence electrons. The van der Waals surface area contributed by atoms with Crippen LogP contribution in [0.2, 0.25) is 5.02 Å². The van der Waals surface area contributed by atoms with E-state index < -0.39 is 0 Å². The third-order valence-corrected chi connectivity index (χ3v) is 3.12. The van der Waals surface area contributed by atoms with Crippen LogP contribution in [0.3, 0.4) is 0 Å². The molecule has 0 aliphatic heterocycles. The zero-order valence-corrected chi connectivity index (χ0v) is 11.5. The molecule has 0 fully saturated rings. The highest BCUT2D eigenvalue weighted by atomic mass is 35.5. The topological polar surface area (TPSA) is 26.0 Å². The molecule has 1 aromatic carbocycles. The van der Waals surface area contributed by atoms with E-state index >= 15 is 0 Å². The number of hydrogen-bond acceptors (Lipinski definition) is 1. The van der Waals surface area contributed by atoms with Gasteiger partial charge in [0.1, 0.15) is 5.82 Å². The summed E-state index contributed by atoms with van der Waals surface area (Å²) in [4.78, 5) is 0. The quantitative estimate of drug-likeness (QED) is 0.823. The van der Waals surface area contributed by atoms with E-state index in [2.05, 4.69) is 20.8 Å². The molecule has 0 aliphatic rings. The van der Waals surface area contributed by atoms with Crippen molar-refractivity contribution in [2.24, 2.45) is 17.6 Å². The first-order chi connectivity index (χ1) is 7.90. The lowest BCUT2D eigenvalue weighted by atomic mass is 9.90. The Morgan fingerprint density at radius 3 is 2.47 bits per heavy atom. The zero-order valence-electron chi connectivity index (χ0n) is 10.7. The van der Waals surface area contributed by atoms with Crippen LogP contribution in [0.25, 0.3) is 0 Å². The minimum atomic E-state index is -0.276. The number of hydrogen-bond donors (Lipinski definition) is 1. The second-order valence-electron chi connectivity index (χ2n) is 5.24. The van der Waals surface area contributed by atoms with Crippen LogP contribution in [0.4, 0.5) is 4.39 Å². The van der Waals surface area contributed by atoms with Crippen molar-refractivity contribution in [2.75, 3.05) is 0 Å². The van der Waals surface area contributed by atoms with Gasteiger partial charge in [-0.25, -0.2) is 4.39 Å². The average Bonchev–Trinajstić information content (AvgIpc) is 2.20. The van der Waals surface area contributed by atoms with E-state index in [4.69, 9.17) is 17.3 Å². The fourth-order valence-corrected chi connectivity index (χ4v) is 2.44. The Bertz CT molecular complexity index is 365. The molecular formula is C14H21ClFN. The van der Waals surface area contributed by atoms with Crippen molar-refractivity contribution in [1.82, 2.24) is 0 Å².